The van der Waals surface area contributed by atoms with Crippen LogP contribution >= 0.6 is 7.37 Å². The van der Waals surface area contributed by atoms with Crippen molar-refractivity contribution in [2.45, 2.75) is 20.5 Å². The quantitative estimate of drug-likeness (QED) is 0.725. The van der Waals surface area contributed by atoms with Gasteiger partial charge < -0.3 is 4.52 Å². The zero-order valence-electron chi connectivity index (χ0n) is 12.3. The van der Waals surface area contributed by atoms with Crippen LogP contribution in [0.25, 0.3) is 11.1 Å². The molecule has 2 aromatic rings. The normalized spacial score (nSPS) is 11.6. The van der Waals surface area contributed by atoms with Crippen LogP contribution in [0.2, 0.25) is 0 Å². The molecule has 0 spiro atoms. The van der Waals surface area contributed by atoms with E-state index in [9.17, 15) is 8.96 Å². The summed E-state index contributed by atoms with van der Waals surface area (Å²) in [5.41, 5.74) is 2.34. The van der Waals surface area contributed by atoms with Gasteiger partial charge in [-0.05, 0) is 23.8 Å². The molecule has 0 aliphatic heterocycles. The molecule has 0 aliphatic carbocycles. The predicted molar refractivity (Wildman–Crippen MR) is 83.1 cm³/mol. The smallest absolute Gasteiger partial charge is 0.202 e. The van der Waals surface area contributed by atoms with E-state index in [1.165, 1.54) is 12.1 Å². The van der Waals surface area contributed by atoms with Crippen molar-refractivity contribution in [1.82, 2.24) is 4.98 Å². The highest BCUT2D eigenvalue weighted by atomic mass is 31.2. The number of pyridine rings is 1. The minimum Gasteiger partial charge on any atom is -0.322 e. The third-order valence-corrected chi connectivity index (χ3v) is 5.92. The Labute approximate surface area is 124 Å². The lowest BCUT2D eigenvalue weighted by Gasteiger charge is -2.14. The zero-order valence-corrected chi connectivity index (χ0v) is 13.1. The number of halogens is 1. The third-order valence-electron chi connectivity index (χ3n) is 3.39. The monoisotopic (exact) mass is 307 g/mol. The second-order valence-electron chi connectivity index (χ2n) is 4.77. The van der Waals surface area contributed by atoms with Crippen LogP contribution in [0, 0.1) is 5.82 Å². The summed E-state index contributed by atoms with van der Waals surface area (Å²) in [4.78, 5) is 4.29. The Balaban J connectivity index is 2.07. The Kier molecular flexibility index (Phi) is 5.27. The molecule has 0 aliphatic rings. The van der Waals surface area contributed by atoms with Crippen molar-refractivity contribution < 1.29 is 13.5 Å². The molecule has 1 aromatic heterocycles. The average Bonchev–Trinajstić information content (AvgIpc) is 2.53. The molecule has 112 valence electrons. The van der Waals surface area contributed by atoms with Crippen molar-refractivity contribution in [3.05, 3.63) is 54.1 Å². The summed E-state index contributed by atoms with van der Waals surface area (Å²) in [5, 5.41) is 0. The summed E-state index contributed by atoms with van der Waals surface area (Å²) in [6.07, 6.45) is 2.74. The van der Waals surface area contributed by atoms with Crippen LogP contribution in [0.15, 0.2) is 42.6 Å². The molecule has 0 bridgehead atoms. The van der Waals surface area contributed by atoms with Gasteiger partial charge in [0.05, 0.1) is 12.3 Å². The SMILES string of the molecule is CCP(=O)(CC)OCc1ccc(-c2cccc(F)c2)cn1. The van der Waals surface area contributed by atoms with Crippen LogP contribution in [0.1, 0.15) is 19.5 Å². The van der Waals surface area contributed by atoms with Crippen molar-refractivity contribution in [3.8, 4) is 11.1 Å². The number of rotatable bonds is 6. The van der Waals surface area contributed by atoms with E-state index in [0.717, 1.165) is 16.8 Å². The van der Waals surface area contributed by atoms with Gasteiger partial charge in [-0.15, -0.1) is 0 Å². The van der Waals surface area contributed by atoms with Gasteiger partial charge in [0, 0.05) is 24.1 Å². The lowest BCUT2D eigenvalue weighted by atomic mass is 10.1. The molecule has 0 fully saturated rings. The van der Waals surface area contributed by atoms with E-state index in [1.807, 2.05) is 32.0 Å². The van der Waals surface area contributed by atoms with E-state index >= 15 is 0 Å². The van der Waals surface area contributed by atoms with Gasteiger partial charge in [-0.1, -0.05) is 32.0 Å². The molecule has 1 aromatic carbocycles. The summed E-state index contributed by atoms with van der Waals surface area (Å²) >= 11 is 0. The van der Waals surface area contributed by atoms with Gasteiger partial charge in [0.2, 0.25) is 7.37 Å². The second kappa shape index (κ2) is 6.97. The summed E-state index contributed by atoms with van der Waals surface area (Å²) < 4.78 is 30.9. The van der Waals surface area contributed by atoms with E-state index in [-0.39, 0.29) is 12.4 Å². The predicted octanol–water partition coefficient (Wildman–Crippen LogP) is 4.72. The molecular weight excluding hydrogens is 288 g/mol. The lowest BCUT2D eigenvalue weighted by Crippen LogP contribution is -1.98. The average molecular weight is 307 g/mol. The van der Waals surface area contributed by atoms with Crippen molar-refractivity contribution in [2.75, 3.05) is 12.3 Å². The van der Waals surface area contributed by atoms with Crippen LogP contribution < -0.4 is 0 Å². The maximum absolute atomic E-state index is 13.2. The van der Waals surface area contributed by atoms with E-state index in [4.69, 9.17) is 4.52 Å². The van der Waals surface area contributed by atoms with Gasteiger partial charge in [0.1, 0.15) is 5.82 Å². The molecule has 0 saturated carbocycles. The molecule has 3 nitrogen and oxygen atoms in total. The Hall–Kier alpha value is -1.51. The van der Waals surface area contributed by atoms with Gasteiger partial charge in [0.15, 0.2) is 0 Å². The molecule has 0 saturated heterocycles. The lowest BCUT2D eigenvalue weighted by molar-refractivity contribution is 0.299. The molecule has 2 rings (SSSR count). The molecule has 0 radical (unpaired) electrons. The molecular formula is C16H19FNO2P. The third kappa shape index (κ3) is 4.23. The molecule has 21 heavy (non-hydrogen) atoms. The Morgan fingerprint density at radius 2 is 1.90 bits per heavy atom. The van der Waals surface area contributed by atoms with E-state index in [1.54, 1.807) is 12.3 Å². The number of benzene rings is 1. The summed E-state index contributed by atoms with van der Waals surface area (Å²) in [5.74, 6) is -0.272. The first-order chi connectivity index (χ1) is 10.1. The second-order valence-corrected chi connectivity index (χ2v) is 7.92. The molecule has 1 heterocycles. The first kappa shape index (κ1) is 15.9. The highest BCUT2D eigenvalue weighted by Gasteiger charge is 2.17. The van der Waals surface area contributed by atoms with Gasteiger partial charge >= 0.3 is 0 Å². The molecule has 0 atom stereocenters. The maximum atomic E-state index is 13.2. The summed E-state index contributed by atoms with van der Waals surface area (Å²) in [7, 11) is -2.51. The number of hydrogen-bond donors (Lipinski definition) is 0. The molecule has 0 N–H and O–H groups in total. The van der Waals surface area contributed by atoms with Crippen LogP contribution in [-0.4, -0.2) is 17.3 Å². The van der Waals surface area contributed by atoms with Gasteiger partial charge in [-0.3, -0.25) is 9.55 Å². The molecule has 5 heteroatoms. The minimum absolute atomic E-state index is 0.238. The van der Waals surface area contributed by atoms with Gasteiger partial charge in [-0.25, -0.2) is 4.39 Å². The van der Waals surface area contributed by atoms with Crippen molar-refractivity contribution in [1.29, 1.82) is 0 Å². The van der Waals surface area contributed by atoms with Crippen LogP contribution in [0.3, 0.4) is 0 Å². The van der Waals surface area contributed by atoms with E-state index in [2.05, 4.69) is 4.98 Å². The summed E-state index contributed by atoms with van der Waals surface area (Å²) in [6, 6.07) is 10.1. The zero-order chi connectivity index (χ0) is 15.3. The van der Waals surface area contributed by atoms with Crippen molar-refractivity contribution in [3.63, 3.8) is 0 Å². The fourth-order valence-corrected chi connectivity index (χ4v) is 3.12. The standard InChI is InChI=1S/C16H19FNO2P/c1-3-21(19,4-2)20-12-16-9-8-14(11-18-16)13-6-5-7-15(17)10-13/h5-11H,3-4,12H2,1-2H3. The van der Waals surface area contributed by atoms with Crippen LogP contribution in [0.5, 0.6) is 0 Å². The highest BCUT2D eigenvalue weighted by molar-refractivity contribution is 7.58. The maximum Gasteiger partial charge on any atom is 0.202 e. The van der Waals surface area contributed by atoms with Crippen LogP contribution in [-0.2, 0) is 15.7 Å². The number of aromatic nitrogens is 1. The number of hydrogen-bond acceptors (Lipinski definition) is 3. The summed E-state index contributed by atoms with van der Waals surface area (Å²) in [6.45, 7) is 3.97. The van der Waals surface area contributed by atoms with Crippen LogP contribution in [0.4, 0.5) is 4.39 Å². The first-order valence-electron chi connectivity index (χ1n) is 7.00. The van der Waals surface area contributed by atoms with Gasteiger partial charge in [-0.2, -0.15) is 0 Å². The number of nitrogens with zero attached hydrogens (tertiary/aromatic N) is 1. The fraction of sp³-hybridized carbons (Fsp3) is 0.312. The largest absolute Gasteiger partial charge is 0.322 e. The molecule has 0 amide bonds. The topological polar surface area (TPSA) is 39.2 Å². The molecule has 0 unspecified atom stereocenters. The Morgan fingerprint density at radius 3 is 2.48 bits per heavy atom. The fourth-order valence-electron chi connectivity index (χ4n) is 1.94. The minimum atomic E-state index is -2.51. The highest BCUT2D eigenvalue weighted by Crippen LogP contribution is 2.46. The van der Waals surface area contributed by atoms with Gasteiger partial charge in [0.25, 0.3) is 0 Å². The van der Waals surface area contributed by atoms with E-state index < -0.39 is 7.37 Å². The van der Waals surface area contributed by atoms with E-state index in [0.29, 0.717) is 12.3 Å². The van der Waals surface area contributed by atoms with Crippen molar-refractivity contribution in [2.24, 2.45) is 0 Å². The Bertz CT molecular complexity index is 635. The first-order valence-corrected chi connectivity index (χ1v) is 8.99. The Morgan fingerprint density at radius 1 is 1.14 bits per heavy atom. The van der Waals surface area contributed by atoms with Crippen molar-refractivity contribution >= 4 is 7.37 Å².